The maximum absolute atomic E-state index is 12.2. The zero-order chi connectivity index (χ0) is 25.9. The van der Waals surface area contributed by atoms with Crippen LogP contribution in [0.2, 0.25) is 0 Å². The molecule has 0 aliphatic heterocycles. The number of carbonyl (C=O) groups is 1. The van der Waals surface area contributed by atoms with E-state index in [0.29, 0.717) is 24.6 Å². The van der Waals surface area contributed by atoms with Gasteiger partial charge in [-0.2, -0.15) is 12.7 Å². The molecule has 0 aromatic heterocycles. The van der Waals surface area contributed by atoms with Crippen LogP contribution in [0.4, 0.5) is 5.69 Å². The number of ether oxygens (including phenoxy) is 1. The van der Waals surface area contributed by atoms with Crippen LogP contribution < -0.4 is 9.46 Å². The summed E-state index contributed by atoms with van der Waals surface area (Å²) in [6.07, 6.45) is 5.33. The van der Waals surface area contributed by atoms with Gasteiger partial charge in [-0.3, -0.25) is 9.52 Å². The molecular weight excluding hydrogens is 476 g/mol. The minimum absolute atomic E-state index is 0.439. The van der Waals surface area contributed by atoms with Crippen LogP contribution >= 0.6 is 0 Å². The van der Waals surface area contributed by atoms with Crippen LogP contribution in [0.3, 0.4) is 0 Å². The molecule has 4 rings (SSSR count). The van der Waals surface area contributed by atoms with E-state index in [1.165, 1.54) is 39.8 Å². The zero-order valence-electron chi connectivity index (χ0n) is 21.0. The summed E-state index contributed by atoms with van der Waals surface area (Å²) in [5.41, 5.74) is 3.34. The van der Waals surface area contributed by atoms with E-state index in [0.717, 1.165) is 37.5 Å². The average molecular weight is 511 g/mol. The first-order valence-electron chi connectivity index (χ1n) is 12.4. The number of carboxylic acid groups (broad SMARTS) is 1. The predicted molar refractivity (Wildman–Crippen MR) is 144 cm³/mol. The molecule has 1 saturated carbocycles. The van der Waals surface area contributed by atoms with Gasteiger partial charge in [0.2, 0.25) is 0 Å². The lowest BCUT2D eigenvalue weighted by Gasteiger charge is -2.17. The van der Waals surface area contributed by atoms with E-state index in [4.69, 9.17) is 4.74 Å². The molecule has 1 aliphatic carbocycles. The molecule has 192 valence electrons. The fourth-order valence-corrected chi connectivity index (χ4v) is 5.21. The number of rotatable bonds is 10. The largest absolute Gasteiger partial charge is 0.493 e. The first-order chi connectivity index (χ1) is 17.1. The Morgan fingerprint density at radius 2 is 1.75 bits per heavy atom. The third-order valence-corrected chi connectivity index (χ3v) is 8.29. The van der Waals surface area contributed by atoms with E-state index in [1.54, 1.807) is 13.0 Å². The Bertz CT molecular complexity index is 1350. The van der Waals surface area contributed by atoms with Crippen molar-refractivity contribution in [2.45, 2.75) is 39.0 Å². The number of carboxylic acids is 1. The third kappa shape index (κ3) is 6.17. The van der Waals surface area contributed by atoms with Crippen LogP contribution in [-0.2, 0) is 21.4 Å². The number of nitrogens with zero attached hydrogens (tertiary/aromatic N) is 1. The van der Waals surface area contributed by atoms with Crippen molar-refractivity contribution in [1.29, 1.82) is 0 Å². The topological polar surface area (TPSA) is 95.9 Å². The second-order valence-corrected chi connectivity index (χ2v) is 11.8. The van der Waals surface area contributed by atoms with Gasteiger partial charge < -0.3 is 9.84 Å². The SMILES string of the molecule is CC(Cc1ccc(OCC2CCCC2)c(-c2ccc3cc(NS(=O)(=O)N(C)C)ccc3c2)c1)C(=O)O. The smallest absolute Gasteiger partial charge is 0.306 e. The number of anilines is 1. The average Bonchev–Trinajstić information content (AvgIpc) is 3.36. The molecule has 8 heteroatoms. The van der Waals surface area contributed by atoms with Gasteiger partial charge in [-0.25, -0.2) is 0 Å². The number of benzene rings is 3. The molecule has 1 fully saturated rings. The van der Waals surface area contributed by atoms with Gasteiger partial charge in [0.25, 0.3) is 0 Å². The molecule has 7 nitrogen and oxygen atoms in total. The Kier molecular flexibility index (Phi) is 7.85. The third-order valence-electron chi connectivity index (χ3n) is 6.84. The summed E-state index contributed by atoms with van der Waals surface area (Å²) in [4.78, 5) is 11.4. The molecule has 0 bridgehead atoms. The molecule has 0 heterocycles. The Balaban J connectivity index is 1.66. The van der Waals surface area contributed by atoms with Crippen molar-refractivity contribution >= 4 is 32.6 Å². The highest BCUT2D eigenvalue weighted by atomic mass is 32.2. The van der Waals surface area contributed by atoms with Crippen LogP contribution in [0.15, 0.2) is 54.6 Å². The van der Waals surface area contributed by atoms with Crippen molar-refractivity contribution in [1.82, 2.24) is 4.31 Å². The maximum Gasteiger partial charge on any atom is 0.306 e. The van der Waals surface area contributed by atoms with Crippen molar-refractivity contribution in [2.24, 2.45) is 11.8 Å². The van der Waals surface area contributed by atoms with E-state index < -0.39 is 22.1 Å². The summed E-state index contributed by atoms with van der Waals surface area (Å²) in [6, 6.07) is 17.4. The molecule has 0 amide bonds. The van der Waals surface area contributed by atoms with E-state index >= 15 is 0 Å². The first kappa shape index (κ1) is 26.0. The number of hydrogen-bond acceptors (Lipinski definition) is 4. The van der Waals surface area contributed by atoms with Crippen molar-refractivity contribution in [3.63, 3.8) is 0 Å². The number of hydrogen-bond donors (Lipinski definition) is 2. The molecule has 1 atom stereocenters. The summed E-state index contributed by atoms with van der Waals surface area (Å²) in [5, 5.41) is 11.2. The lowest BCUT2D eigenvalue weighted by atomic mass is 9.95. The molecular formula is C28H34N2O5S. The highest BCUT2D eigenvalue weighted by Gasteiger charge is 2.19. The Morgan fingerprint density at radius 1 is 1.06 bits per heavy atom. The van der Waals surface area contributed by atoms with Gasteiger partial charge >= 0.3 is 16.2 Å². The molecule has 1 aliphatic rings. The van der Waals surface area contributed by atoms with Gasteiger partial charge in [0, 0.05) is 19.7 Å². The van der Waals surface area contributed by atoms with Crippen LogP contribution in [-0.4, -0.2) is 44.5 Å². The second-order valence-electron chi connectivity index (χ2n) is 9.90. The maximum atomic E-state index is 12.2. The van der Waals surface area contributed by atoms with Crippen molar-refractivity contribution < 1.29 is 23.1 Å². The lowest BCUT2D eigenvalue weighted by Crippen LogP contribution is -2.28. The number of fused-ring (bicyclic) bond motifs is 1. The van der Waals surface area contributed by atoms with Gasteiger partial charge in [0.1, 0.15) is 5.75 Å². The molecule has 3 aromatic rings. The fraction of sp³-hybridized carbons (Fsp3) is 0.393. The Hall–Kier alpha value is -3.10. The van der Waals surface area contributed by atoms with E-state index in [-0.39, 0.29) is 0 Å². The molecule has 1 unspecified atom stereocenters. The van der Waals surface area contributed by atoms with Crippen molar-refractivity contribution in [3.8, 4) is 16.9 Å². The predicted octanol–water partition coefficient (Wildman–Crippen LogP) is 5.56. The van der Waals surface area contributed by atoms with Gasteiger partial charge in [-0.15, -0.1) is 0 Å². The van der Waals surface area contributed by atoms with Crippen LogP contribution in [0.1, 0.15) is 38.2 Å². The van der Waals surface area contributed by atoms with E-state index in [1.807, 2.05) is 42.5 Å². The van der Waals surface area contributed by atoms with E-state index in [2.05, 4.69) is 10.8 Å². The molecule has 3 aromatic carbocycles. The summed E-state index contributed by atoms with van der Waals surface area (Å²) in [5.74, 6) is 0.0717. The van der Waals surface area contributed by atoms with Crippen molar-refractivity contribution in [3.05, 3.63) is 60.2 Å². The molecule has 0 spiro atoms. The highest BCUT2D eigenvalue weighted by Crippen LogP contribution is 2.35. The van der Waals surface area contributed by atoms with Crippen LogP contribution in [0, 0.1) is 11.8 Å². The van der Waals surface area contributed by atoms with Gasteiger partial charge in [-0.05, 0) is 77.4 Å². The number of nitrogens with one attached hydrogen (secondary N) is 1. The van der Waals surface area contributed by atoms with Gasteiger partial charge in [0.05, 0.1) is 18.2 Å². The molecule has 36 heavy (non-hydrogen) atoms. The summed E-state index contributed by atoms with van der Waals surface area (Å²) >= 11 is 0. The summed E-state index contributed by atoms with van der Waals surface area (Å²) < 4.78 is 34.4. The van der Waals surface area contributed by atoms with E-state index in [9.17, 15) is 18.3 Å². The quantitative estimate of drug-likeness (QED) is 0.372. The zero-order valence-corrected chi connectivity index (χ0v) is 21.8. The standard InChI is InChI=1S/C28H34N2O5S/c1-19(28(31)32)14-21-8-13-27(35-18-20-6-4-5-7-20)26(15-21)24-10-9-23-17-25(12-11-22(23)16-24)29-36(33,34)30(2)3/h8-13,15-17,19-20,29H,4-7,14,18H2,1-3H3,(H,31,32). The minimum Gasteiger partial charge on any atom is -0.493 e. The Morgan fingerprint density at radius 3 is 2.44 bits per heavy atom. The summed E-state index contributed by atoms with van der Waals surface area (Å²) in [6.45, 7) is 2.39. The van der Waals surface area contributed by atoms with Crippen LogP contribution in [0.25, 0.3) is 21.9 Å². The van der Waals surface area contributed by atoms with Gasteiger partial charge in [0.15, 0.2) is 0 Å². The second kappa shape index (κ2) is 10.9. The normalized spacial score (nSPS) is 15.3. The number of aliphatic carboxylic acids is 1. The Labute approximate surface area is 213 Å². The van der Waals surface area contributed by atoms with Crippen molar-refractivity contribution in [2.75, 3.05) is 25.4 Å². The molecule has 0 radical (unpaired) electrons. The van der Waals surface area contributed by atoms with Crippen LogP contribution in [0.5, 0.6) is 5.75 Å². The molecule has 0 saturated heterocycles. The lowest BCUT2D eigenvalue weighted by molar-refractivity contribution is -0.141. The fourth-order valence-electron chi connectivity index (χ4n) is 4.60. The highest BCUT2D eigenvalue weighted by molar-refractivity contribution is 7.90. The minimum atomic E-state index is -3.59. The first-order valence-corrected chi connectivity index (χ1v) is 13.8. The summed E-state index contributed by atoms with van der Waals surface area (Å²) in [7, 11) is -0.627. The monoisotopic (exact) mass is 510 g/mol. The van der Waals surface area contributed by atoms with Gasteiger partial charge in [-0.1, -0.05) is 44.0 Å². The molecule has 2 N–H and O–H groups in total.